The van der Waals surface area contributed by atoms with Crippen molar-refractivity contribution in [3.05, 3.63) is 41.1 Å². The zero-order chi connectivity index (χ0) is 15.4. The number of aromatic carboxylic acids is 1. The lowest BCUT2D eigenvalue weighted by atomic mass is 10.1. The highest BCUT2D eigenvalue weighted by atomic mass is 32.2. The Hall–Kier alpha value is -1.82. The van der Waals surface area contributed by atoms with Crippen molar-refractivity contribution in [1.82, 2.24) is 14.5 Å². The number of hydrogen-bond acceptors (Lipinski definition) is 4. The van der Waals surface area contributed by atoms with Gasteiger partial charge < -0.3 is 9.67 Å². The topological polar surface area (TPSA) is 68.0 Å². The van der Waals surface area contributed by atoms with E-state index in [1.165, 1.54) is 11.8 Å². The number of carboxylic acids is 1. The van der Waals surface area contributed by atoms with Gasteiger partial charge in [-0.3, -0.25) is 0 Å². The number of carboxylic acid groups (broad SMARTS) is 1. The standard InChI is InChI=1S/C15H19N3O2S/c1-4-5-18-9-16-7-12(18)8-21-14-13(15(19)20)10(2)6-11(3)17-14/h6-7,9H,4-5,8H2,1-3H3,(H,19,20). The molecule has 0 spiro atoms. The fourth-order valence-electron chi connectivity index (χ4n) is 2.22. The van der Waals surface area contributed by atoms with E-state index in [0.717, 1.165) is 29.9 Å². The van der Waals surface area contributed by atoms with Crippen LogP contribution in [-0.4, -0.2) is 25.6 Å². The molecule has 0 aromatic carbocycles. The van der Waals surface area contributed by atoms with E-state index in [2.05, 4.69) is 21.5 Å². The van der Waals surface area contributed by atoms with Gasteiger partial charge in [0.05, 0.1) is 11.9 Å². The first-order chi connectivity index (χ1) is 10.0. The van der Waals surface area contributed by atoms with E-state index in [-0.39, 0.29) is 0 Å². The van der Waals surface area contributed by atoms with E-state index >= 15 is 0 Å². The fraction of sp³-hybridized carbons (Fsp3) is 0.400. The highest BCUT2D eigenvalue weighted by Gasteiger charge is 2.16. The molecule has 0 unspecified atom stereocenters. The van der Waals surface area contributed by atoms with Crippen LogP contribution < -0.4 is 0 Å². The van der Waals surface area contributed by atoms with Crippen LogP contribution in [0.3, 0.4) is 0 Å². The summed E-state index contributed by atoms with van der Waals surface area (Å²) in [5.41, 5.74) is 2.97. The number of imidazole rings is 1. The van der Waals surface area contributed by atoms with Crippen LogP contribution in [0.1, 0.15) is 40.7 Å². The molecule has 0 fully saturated rings. The lowest BCUT2D eigenvalue weighted by Crippen LogP contribution is -2.06. The molecule has 0 bridgehead atoms. The van der Waals surface area contributed by atoms with Gasteiger partial charge in [-0.1, -0.05) is 18.7 Å². The van der Waals surface area contributed by atoms with Crippen LogP contribution in [0.2, 0.25) is 0 Å². The van der Waals surface area contributed by atoms with E-state index in [4.69, 9.17) is 0 Å². The maximum atomic E-state index is 11.4. The van der Waals surface area contributed by atoms with Gasteiger partial charge in [-0.15, -0.1) is 0 Å². The Morgan fingerprint density at radius 2 is 2.19 bits per heavy atom. The SMILES string of the molecule is CCCn1cncc1CSc1nc(C)cc(C)c1C(=O)O. The Kier molecular flexibility index (Phi) is 5.01. The maximum absolute atomic E-state index is 11.4. The number of carbonyl (C=O) groups is 1. The lowest BCUT2D eigenvalue weighted by molar-refractivity contribution is 0.0691. The first-order valence-corrected chi connectivity index (χ1v) is 7.84. The Morgan fingerprint density at radius 3 is 2.86 bits per heavy atom. The molecule has 0 radical (unpaired) electrons. The Bertz CT molecular complexity index is 652. The molecule has 2 rings (SSSR count). The second kappa shape index (κ2) is 6.76. The van der Waals surface area contributed by atoms with E-state index < -0.39 is 5.97 Å². The molecule has 0 saturated carbocycles. The van der Waals surface area contributed by atoms with Crippen molar-refractivity contribution >= 4 is 17.7 Å². The number of nitrogens with zero attached hydrogens (tertiary/aromatic N) is 3. The summed E-state index contributed by atoms with van der Waals surface area (Å²) in [6, 6.07) is 1.80. The van der Waals surface area contributed by atoms with Gasteiger partial charge in [0.25, 0.3) is 0 Å². The first kappa shape index (κ1) is 15.6. The second-order valence-corrected chi connectivity index (χ2v) is 5.90. The summed E-state index contributed by atoms with van der Waals surface area (Å²) >= 11 is 1.45. The molecule has 2 aromatic heterocycles. The summed E-state index contributed by atoms with van der Waals surface area (Å²) in [5.74, 6) is -0.263. The molecule has 0 amide bonds. The minimum Gasteiger partial charge on any atom is -0.478 e. The molecule has 5 nitrogen and oxygen atoms in total. The van der Waals surface area contributed by atoms with Crippen LogP contribution >= 0.6 is 11.8 Å². The van der Waals surface area contributed by atoms with Crippen molar-refractivity contribution in [3.63, 3.8) is 0 Å². The number of thioether (sulfide) groups is 1. The third-order valence-corrected chi connectivity index (χ3v) is 4.15. The molecule has 112 valence electrons. The normalized spacial score (nSPS) is 10.8. The summed E-state index contributed by atoms with van der Waals surface area (Å²) in [6.07, 6.45) is 4.67. The van der Waals surface area contributed by atoms with Gasteiger partial charge >= 0.3 is 5.97 Å². The van der Waals surface area contributed by atoms with Crippen molar-refractivity contribution in [2.45, 2.75) is 44.5 Å². The first-order valence-electron chi connectivity index (χ1n) is 6.86. The van der Waals surface area contributed by atoms with Gasteiger partial charge in [0.15, 0.2) is 0 Å². The van der Waals surface area contributed by atoms with Gasteiger partial charge in [-0.05, 0) is 31.9 Å². The molecule has 0 saturated heterocycles. The minimum atomic E-state index is -0.926. The van der Waals surface area contributed by atoms with Gasteiger partial charge in [0.2, 0.25) is 0 Å². The summed E-state index contributed by atoms with van der Waals surface area (Å²) < 4.78 is 2.09. The van der Waals surface area contributed by atoms with Gasteiger partial charge in [-0.25, -0.2) is 14.8 Å². The van der Waals surface area contributed by atoms with Gasteiger partial charge in [0, 0.05) is 29.9 Å². The van der Waals surface area contributed by atoms with Crippen molar-refractivity contribution < 1.29 is 9.90 Å². The van der Waals surface area contributed by atoms with Crippen LogP contribution in [0.5, 0.6) is 0 Å². The molecule has 0 atom stereocenters. The Labute approximate surface area is 128 Å². The quantitative estimate of drug-likeness (QED) is 0.829. The molecule has 0 aliphatic heterocycles. The van der Waals surface area contributed by atoms with Crippen molar-refractivity contribution in [1.29, 1.82) is 0 Å². The van der Waals surface area contributed by atoms with Crippen molar-refractivity contribution in [2.75, 3.05) is 0 Å². The van der Waals surface area contributed by atoms with Crippen molar-refractivity contribution in [3.8, 4) is 0 Å². The largest absolute Gasteiger partial charge is 0.478 e. The van der Waals surface area contributed by atoms with E-state index in [0.29, 0.717) is 16.3 Å². The lowest BCUT2D eigenvalue weighted by Gasteiger charge is -2.10. The Balaban J connectivity index is 2.23. The molecule has 2 aromatic rings. The predicted octanol–water partition coefficient (Wildman–Crippen LogP) is 3.30. The van der Waals surface area contributed by atoms with Crippen LogP contribution in [0, 0.1) is 13.8 Å². The van der Waals surface area contributed by atoms with E-state index in [1.807, 2.05) is 26.4 Å². The number of pyridine rings is 1. The van der Waals surface area contributed by atoms with Gasteiger partial charge in [-0.2, -0.15) is 0 Å². The smallest absolute Gasteiger partial charge is 0.338 e. The third kappa shape index (κ3) is 3.64. The highest BCUT2D eigenvalue weighted by molar-refractivity contribution is 7.98. The van der Waals surface area contributed by atoms with Crippen LogP contribution in [-0.2, 0) is 12.3 Å². The molecular formula is C15H19N3O2S. The third-order valence-electron chi connectivity index (χ3n) is 3.15. The number of hydrogen-bond donors (Lipinski definition) is 1. The van der Waals surface area contributed by atoms with Gasteiger partial charge in [0.1, 0.15) is 5.03 Å². The number of aromatic nitrogens is 3. The maximum Gasteiger partial charge on any atom is 0.338 e. The monoisotopic (exact) mass is 305 g/mol. The number of aryl methyl sites for hydroxylation is 3. The average Bonchev–Trinajstić information content (AvgIpc) is 2.83. The molecule has 0 aliphatic rings. The summed E-state index contributed by atoms with van der Waals surface area (Å²) in [4.78, 5) is 20.0. The molecule has 6 heteroatoms. The average molecular weight is 305 g/mol. The second-order valence-electron chi connectivity index (χ2n) is 4.93. The van der Waals surface area contributed by atoms with E-state index in [9.17, 15) is 9.90 Å². The molecule has 2 heterocycles. The Morgan fingerprint density at radius 1 is 1.43 bits per heavy atom. The summed E-state index contributed by atoms with van der Waals surface area (Å²) in [6.45, 7) is 6.72. The van der Waals surface area contributed by atoms with Crippen LogP contribution in [0.4, 0.5) is 0 Å². The minimum absolute atomic E-state index is 0.298. The summed E-state index contributed by atoms with van der Waals surface area (Å²) in [5, 5.41) is 9.94. The van der Waals surface area contributed by atoms with E-state index in [1.54, 1.807) is 6.07 Å². The van der Waals surface area contributed by atoms with Crippen LogP contribution in [0.15, 0.2) is 23.6 Å². The fourth-order valence-corrected chi connectivity index (χ4v) is 3.35. The highest BCUT2D eigenvalue weighted by Crippen LogP contribution is 2.27. The van der Waals surface area contributed by atoms with Crippen LogP contribution in [0.25, 0.3) is 0 Å². The summed E-state index contributed by atoms with van der Waals surface area (Å²) in [7, 11) is 0. The molecule has 21 heavy (non-hydrogen) atoms. The number of rotatable bonds is 6. The predicted molar refractivity (Wildman–Crippen MR) is 82.7 cm³/mol. The molecule has 1 N–H and O–H groups in total. The zero-order valence-corrected chi connectivity index (χ0v) is 13.3. The van der Waals surface area contributed by atoms with Crippen molar-refractivity contribution in [2.24, 2.45) is 0 Å². The molecular weight excluding hydrogens is 286 g/mol. The molecule has 0 aliphatic carbocycles. The zero-order valence-electron chi connectivity index (χ0n) is 12.5.